The van der Waals surface area contributed by atoms with Crippen molar-refractivity contribution in [1.29, 1.82) is 0 Å². The molecule has 0 saturated heterocycles. The SMILES string of the molecule is Cc1cc(C)n(CC(=O)Nc2ccc(N(C)CCO)cc2)n1. The quantitative estimate of drug-likeness (QED) is 0.850. The normalized spacial score (nSPS) is 10.5. The highest BCUT2D eigenvalue weighted by Gasteiger charge is 2.08. The minimum absolute atomic E-state index is 0.109. The number of rotatable bonds is 6. The Morgan fingerprint density at radius 2 is 2.00 bits per heavy atom. The lowest BCUT2D eigenvalue weighted by atomic mass is 10.2. The third-order valence-corrected chi connectivity index (χ3v) is 3.42. The highest BCUT2D eigenvalue weighted by molar-refractivity contribution is 5.90. The molecule has 1 aromatic heterocycles. The standard InChI is InChI=1S/C16H22N4O2/c1-12-10-13(2)20(18-12)11-16(22)17-14-4-6-15(7-5-14)19(3)8-9-21/h4-7,10,21H,8-9,11H2,1-3H3,(H,17,22). The maximum Gasteiger partial charge on any atom is 0.246 e. The molecule has 6 nitrogen and oxygen atoms in total. The smallest absolute Gasteiger partial charge is 0.246 e. The van der Waals surface area contributed by atoms with E-state index in [0.29, 0.717) is 6.54 Å². The summed E-state index contributed by atoms with van der Waals surface area (Å²) < 4.78 is 1.69. The predicted octanol–water partition coefficient (Wildman–Crippen LogP) is 1.57. The number of carbonyl (C=O) groups excluding carboxylic acids is 1. The first-order valence-corrected chi connectivity index (χ1v) is 7.22. The van der Waals surface area contributed by atoms with Crippen LogP contribution in [0.25, 0.3) is 0 Å². The Bertz CT molecular complexity index is 634. The molecule has 1 aromatic carbocycles. The number of carbonyl (C=O) groups is 1. The van der Waals surface area contributed by atoms with Gasteiger partial charge in [0.25, 0.3) is 0 Å². The van der Waals surface area contributed by atoms with E-state index in [2.05, 4.69) is 10.4 Å². The van der Waals surface area contributed by atoms with Crippen LogP contribution in [0.1, 0.15) is 11.4 Å². The number of hydrogen-bond acceptors (Lipinski definition) is 4. The van der Waals surface area contributed by atoms with Crippen LogP contribution in [0.4, 0.5) is 11.4 Å². The summed E-state index contributed by atoms with van der Waals surface area (Å²) >= 11 is 0. The molecule has 0 aliphatic heterocycles. The highest BCUT2D eigenvalue weighted by atomic mass is 16.3. The molecule has 118 valence electrons. The molecule has 1 heterocycles. The van der Waals surface area contributed by atoms with Crippen molar-refractivity contribution in [3.63, 3.8) is 0 Å². The van der Waals surface area contributed by atoms with E-state index in [9.17, 15) is 4.79 Å². The second-order valence-electron chi connectivity index (χ2n) is 5.32. The number of anilines is 2. The molecule has 0 aliphatic rings. The van der Waals surface area contributed by atoms with Gasteiger partial charge in [-0.15, -0.1) is 0 Å². The monoisotopic (exact) mass is 302 g/mol. The number of nitrogens with one attached hydrogen (secondary N) is 1. The molecule has 2 aromatic rings. The van der Waals surface area contributed by atoms with E-state index in [1.807, 2.05) is 56.1 Å². The number of aromatic nitrogens is 2. The Morgan fingerprint density at radius 3 is 2.55 bits per heavy atom. The van der Waals surface area contributed by atoms with Crippen LogP contribution in [-0.4, -0.2) is 41.0 Å². The minimum Gasteiger partial charge on any atom is -0.395 e. The number of amides is 1. The minimum atomic E-state index is -0.109. The first-order chi connectivity index (χ1) is 10.5. The second-order valence-corrected chi connectivity index (χ2v) is 5.32. The maximum atomic E-state index is 12.0. The molecule has 0 atom stereocenters. The number of aliphatic hydroxyl groups excluding tert-OH is 1. The topological polar surface area (TPSA) is 70.4 Å². The maximum absolute atomic E-state index is 12.0. The Kier molecular flexibility index (Phi) is 5.16. The molecule has 0 spiro atoms. The van der Waals surface area contributed by atoms with Gasteiger partial charge >= 0.3 is 0 Å². The van der Waals surface area contributed by atoms with Crippen molar-refractivity contribution in [1.82, 2.24) is 9.78 Å². The van der Waals surface area contributed by atoms with Gasteiger partial charge in [0.05, 0.1) is 12.3 Å². The van der Waals surface area contributed by atoms with Crippen molar-refractivity contribution >= 4 is 17.3 Å². The summed E-state index contributed by atoms with van der Waals surface area (Å²) in [6, 6.07) is 9.47. The lowest BCUT2D eigenvalue weighted by molar-refractivity contribution is -0.116. The summed E-state index contributed by atoms with van der Waals surface area (Å²) in [5.41, 5.74) is 3.61. The van der Waals surface area contributed by atoms with Crippen LogP contribution in [0.3, 0.4) is 0 Å². The summed E-state index contributed by atoms with van der Waals surface area (Å²) in [6.45, 7) is 4.72. The van der Waals surface area contributed by atoms with Gasteiger partial charge in [0, 0.05) is 30.7 Å². The van der Waals surface area contributed by atoms with Crippen molar-refractivity contribution in [2.75, 3.05) is 30.4 Å². The Morgan fingerprint density at radius 1 is 1.32 bits per heavy atom. The average Bonchev–Trinajstić information content (AvgIpc) is 2.77. The van der Waals surface area contributed by atoms with Crippen molar-refractivity contribution in [3.8, 4) is 0 Å². The number of aliphatic hydroxyl groups is 1. The molecule has 2 N–H and O–H groups in total. The van der Waals surface area contributed by atoms with Crippen LogP contribution in [0.2, 0.25) is 0 Å². The molecule has 1 amide bonds. The Hall–Kier alpha value is -2.34. The van der Waals surface area contributed by atoms with Gasteiger partial charge in [-0.1, -0.05) is 0 Å². The largest absolute Gasteiger partial charge is 0.395 e. The molecular weight excluding hydrogens is 280 g/mol. The van der Waals surface area contributed by atoms with Gasteiger partial charge in [0.2, 0.25) is 5.91 Å². The number of nitrogens with zero attached hydrogens (tertiary/aromatic N) is 3. The van der Waals surface area contributed by atoms with E-state index in [1.54, 1.807) is 4.68 Å². The molecule has 6 heteroatoms. The molecule has 0 bridgehead atoms. The number of benzene rings is 1. The van der Waals surface area contributed by atoms with Gasteiger partial charge in [-0.2, -0.15) is 5.10 Å². The molecule has 0 unspecified atom stereocenters. The lowest BCUT2D eigenvalue weighted by Crippen LogP contribution is -2.21. The summed E-state index contributed by atoms with van der Waals surface area (Å²) in [7, 11) is 1.91. The third kappa shape index (κ3) is 4.08. The van der Waals surface area contributed by atoms with Gasteiger partial charge in [-0.25, -0.2) is 0 Å². The molecule has 22 heavy (non-hydrogen) atoms. The molecule has 0 saturated carbocycles. The summed E-state index contributed by atoms with van der Waals surface area (Å²) in [4.78, 5) is 14.0. The molecule has 0 fully saturated rings. The fraction of sp³-hybridized carbons (Fsp3) is 0.375. The Balaban J connectivity index is 1.95. The molecule has 2 rings (SSSR count). The second kappa shape index (κ2) is 7.09. The molecular formula is C16H22N4O2. The fourth-order valence-corrected chi connectivity index (χ4v) is 2.25. The Labute approximate surface area is 130 Å². The van der Waals surface area contributed by atoms with Gasteiger partial charge in [-0.3, -0.25) is 9.48 Å². The van der Waals surface area contributed by atoms with Gasteiger partial charge in [0.15, 0.2) is 0 Å². The zero-order valence-corrected chi connectivity index (χ0v) is 13.2. The van der Waals surface area contributed by atoms with Crippen LogP contribution in [-0.2, 0) is 11.3 Å². The van der Waals surface area contributed by atoms with Crippen LogP contribution in [0.5, 0.6) is 0 Å². The summed E-state index contributed by atoms with van der Waals surface area (Å²) in [5.74, 6) is -0.109. The molecule has 0 aliphatic carbocycles. The van der Waals surface area contributed by atoms with Crippen molar-refractivity contribution in [3.05, 3.63) is 41.7 Å². The van der Waals surface area contributed by atoms with Crippen LogP contribution in [0.15, 0.2) is 30.3 Å². The lowest BCUT2D eigenvalue weighted by Gasteiger charge is -2.18. The number of aryl methyl sites for hydroxylation is 2. The third-order valence-electron chi connectivity index (χ3n) is 3.42. The van der Waals surface area contributed by atoms with Gasteiger partial charge in [0.1, 0.15) is 6.54 Å². The van der Waals surface area contributed by atoms with Crippen LogP contribution in [0, 0.1) is 13.8 Å². The highest BCUT2D eigenvalue weighted by Crippen LogP contribution is 2.16. The van der Waals surface area contributed by atoms with E-state index in [1.165, 1.54) is 0 Å². The van der Waals surface area contributed by atoms with E-state index < -0.39 is 0 Å². The van der Waals surface area contributed by atoms with Crippen molar-refractivity contribution < 1.29 is 9.90 Å². The first kappa shape index (κ1) is 16.0. The average molecular weight is 302 g/mol. The van der Waals surface area contributed by atoms with Crippen LogP contribution < -0.4 is 10.2 Å². The van der Waals surface area contributed by atoms with Crippen molar-refractivity contribution in [2.45, 2.75) is 20.4 Å². The fourth-order valence-electron chi connectivity index (χ4n) is 2.25. The van der Waals surface area contributed by atoms with Crippen molar-refractivity contribution in [2.24, 2.45) is 0 Å². The summed E-state index contributed by atoms with van der Waals surface area (Å²) in [5, 5.41) is 16.1. The molecule has 0 radical (unpaired) electrons. The predicted molar refractivity (Wildman–Crippen MR) is 87.1 cm³/mol. The van der Waals surface area contributed by atoms with Gasteiger partial charge in [-0.05, 0) is 44.2 Å². The number of hydrogen-bond donors (Lipinski definition) is 2. The zero-order valence-electron chi connectivity index (χ0n) is 13.2. The zero-order chi connectivity index (χ0) is 16.1. The number of likely N-dealkylation sites (N-methyl/N-ethyl adjacent to an activating group) is 1. The first-order valence-electron chi connectivity index (χ1n) is 7.22. The van der Waals surface area contributed by atoms with E-state index in [0.717, 1.165) is 22.8 Å². The summed E-state index contributed by atoms with van der Waals surface area (Å²) in [6.07, 6.45) is 0. The van der Waals surface area contributed by atoms with E-state index >= 15 is 0 Å². The van der Waals surface area contributed by atoms with Crippen LogP contribution >= 0.6 is 0 Å². The van der Waals surface area contributed by atoms with Gasteiger partial charge < -0.3 is 15.3 Å². The van der Waals surface area contributed by atoms with E-state index in [-0.39, 0.29) is 19.1 Å². The van der Waals surface area contributed by atoms with E-state index in [4.69, 9.17) is 5.11 Å².